The van der Waals surface area contributed by atoms with Crippen molar-refractivity contribution in [2.45, 2.75) is 38.7 Å². The molecule has 0 fully saturated rings. The number of hydrogen-bond donors (Lipinski definition) is 0. The first-order valence-corrected chi connectivity index (χ1v) is 12.7. The second kappa shape index (κ2) is 9.90. The molecule has 2 aromatic heterocycles. The molecule has 0 amide bonds. The van der Waals surface area contributed by atoms with Gasteiger partial charge in [-0.15, -0.1) is 11.3 Å². The Balaban J connectivity index is 1.51. The molecule has 0 radical (unpaired) electrons. The number of hydrogen-bond acceptors (Lipinski definition) is 4. The summed E-state index contributed by atoms with van der Waals surface area (Å²) in [5.41, 5.74) is 5.92. The van der Waals surface area contributed by atoms with Gasteiger partial charge < -0.3 is 14.0 Å². The van der Waals surface area contributed by atoms with Crippen LogP contribution in [-0.4, -0.2) is 17.1 Å². The van der Waals surface area contributed by atoms with Gasteiger partial charge in [0.1, 0.15) is 17.2 Å². The zero-order valence-corrected chi connectivity index (χ0v) is 20.4. The number of benzene rings is 2. The summed E-state index contributed by atoms with van der Waals surface area (Å²) >= 11 is 1.55. The highest BCUT2D eigenvalue weighted by Gasteiger charge is 2.26. The Morgan fingerprint density at radius 1 is 1.12 bits per heavy atom. The van der Waals surface area contributed by atoms with E-state index in [9.17, 15) is 4.79 Å². The van der Waals surface area contributed by atoms with Gasteiger partial charge in [0.25, 0.3) is 0 Å². The van der Waals surface area contributed by atoms with E-state index in [1.807, 2.05) is 43.3 Å². The van der Waals surface area contributed by atoms with E-state index in [2.05, 4.69) is 48.0 Å². The summed E-state index contributed by atoms with van der Waals surface area (Å²) in [6.07, 6.45) is 8.06. The molecule has 0 spiro atoms. The van der Waals surface area contributed by atoms with Gasteiger partial charge >= 0.3 is 5.97 Å². The third-order valence-corrected chi connectivity index (χ3v) is 7.52. The van der Waals surface area contributed by atoms with Crippen LogP contribution < -0.4 is 4.74 Å². The minimum Gasteiger partial charge on any atom is -0.489 e. The van der Waals surface area contributed by atoms with Gasteiger partial charge in [-0.2, -0.15) is 0 Å². The average Bonchev–Trinajstić information content (AvgIpc) is 3.43. The lowest BCUT2D eigenvalue weighted by Gasteiger charge is -2.19. The maximum Gasteiger partial charge on any atom is 0.348 e. The number of fused-ring (bicyclic) bond motifs is 1. The van der Waals surface area contributed by atoms with Crippen LogP contribution in [0.1, 0.15) is 52.9 Å². The van der Waals surface area contributed by atoms with Crippen LogP contribution in [0.5, 0.6) is 5.75 Å². The number of carbonyl (C=O) groups is 1. The fraction of sp³-hybridized carbons (Fsp3) is 0.276. The largest absolute Gasteiger partial charge is 0.489 e. The van der Waals surface area contributed by atoms with Gasteiger partial charge in [-0.3, -0.25) is 0 Å². The van der Waals surface area contributed by atoms with Gasteiger partial charge in [-0.1, -0.05) is 42.5 Å². The number of rotatable bonds is 7. The molecule has 1 unspecified atom stereocenters. The molecule has 34 heavy (non-hydrogen) atoms. The third-order valence-electron chi connectivity index (χ3n) is 6.39. The first-order valence-electron chi connectivity index (χ1n) is 11.9. The summed E-state index contributed by atoms with van der Waals surface area (Å²) in [6, 6.07) is 20.6. The molecular formula is C29H29NO3S. The Labute approximate surface area is 204 Å². The second-order valence-electron chi connectivity index (χ2n) is 8.63. The topological polar surface area (TPSA) is 40.5 Å². The molecule has 0 N–H and O–H groups in total. The van der Waals surface area contributed by atoms with Crippen LogP contribution in [-0.2, 0) is 18.4 Å². The lowest BCUT2D eigenvalue weighted by Crippen LogP contribution is -2.04. The van der Waals surface area contributed by atoms with E-state index in [0.717, 1.165) is 35.2 Å². The van der Waals surface area contributed by atoms with Crippen molar-refractivity contribution in [1.29, 1.82) is 0 Å². The van der Waals surface area contributed by atoms with Gasteiger partial charge in [-0.25, -0.2) is 4.79 Å². The Morgan fingerprint density at radius 3 is 2.62 bits per heavy atom. The number of nitrogens with zero attached hydrogens (tertiary/aromatic N) is 1. The molecule has 0 saturated heterocycles. The van der Waals surface area contributed by atoms with E-state index in [0.29, 0.717) is 24.0 Å². The summed E-state index contributed by atoms with van der Waals surface area (Å²) in [5.74, 6) is 0.956. The van der Waals surface area contributed by atoms with Gasteiger partial charge in [-0.05, 0) is 67.6 Å². The Morgan fingerprint density at radius 2 is 1.91 bits per heavy atom. The van der Waals surface area contributed by atoms with Crippen molar-refractivity contribution in [3.63, 3.8) is 0 Å². The van der Waals surface area contributed by atoms with E-state index in [1.165, 1.54) is 22.4 Å². The van der Waals surface area contributed by atoms with Crippen molar-refractivity contribution in [3.8, 4) is 17.0 Å². The van der Waals surface area contributed by atoms with Crippen molar-refractivity contribution in [1.82, 2.24) is 4.57 Å². The van der Waals surface area contributed by atoms with E-state index in [1.54, 1.807) is 11.3 Å². The fourth-order valence-corrected chi connectivity index (χ4v) is 5.92. The molecular weight excluding hydrogens is 442 g/mol. The summed E-state index contributed by atoms with van der Waals surface area (Å²) in [4.78, 5) is 13.1. The summed E-state index contributed by atoms with van der Waals surface area (Å²) in [5, 5.41) is 0. The maximum absolute atomic E-state index is 12.4. The smallest absolute Gasteiger partial charge is 0.348 e. The number of carbonyl (C=O) groups excluding carboxylic acids is 1. The molecule has 1 aliphatic rings. The molecule has 174 valence electrons. The molecule has 4 nitrogen and oxygen atoms in total. The molecule has 0 saturated carbocycles. The van der Waals surface area contributed by atoms with Crippen LogP contribution in [0, 0.1) is 0 Å². The molecule has 1 aliphatic carbocycles. The Bertz CT molecular complexity index is 1320. The summed E-state index contributed by atoms with van der Waals surface area (Å²) < 4.78 is 14.7. The highest BCUT2D eigenvalue weighted by molar-refractivity contribution is 7.21. The van der Waals surface area contributed by atoms with Gasteiger partial charge in [0.05, 0.1) is 22.5 Å². The fourth-order valence-electron chi connectivity index (χ4n) is 4.73. The van der Waals surface area contributed by atoms with Crippen LogP contribution in [0.25, 0.3) is 21.5 Å². The molecule has 2 aromatic carbocycles. The lowest BCUT2D eigenvalue weighted by atomic mass is 9.88. The first kappa shape index (κ1) is 22.5. The van der Waals surface area contributed by atoms with Gasteiger partial charge in [0.2, 0.25) is 0 Å². The van der Waals surface area contributed by atoms with Crippen molar-refractivity contribution < 1.29 is 14.3 Å². The van der Waals surface area contributed by atoms with E-state index in [4.69, 9.17) is 9.47 Å². The summed E-state index contributed by atoms with van der Waals surface area (Å²) in [6.45, 7) is 2.78. The monoisotopic (exact) mass is 471 g/mol. The maximum atomic E-state index is 12.4. The van der Waals surface area contributed by atoms with Crippen LogP contribution >= 0.6 is 11.3 Å². The third kappa shape index (κ3) is 4.40. The van der Waals surface area contributed by atoms with Crippen molar-refractivity contribution >= 4 is 27.5 Å². The van der Waals surface area contributed by atoms with Crippen molar-refractivity contribution in [2.75, 3.05) is 6.61 Å². The predicted octanol–water partition coefficient (Wildman–Crippen LogP) is 7.49. The molecule has 0 bridgehead atoms. The molecule has 0 aliphatic heterocycles. The van der Waals surface area contributed by atoms with Crippen LogP contribution in [0.15, 0.2) is 72.8 Å². The quantitative estimate of drug-likeness (QED) is 0.207. The number of aryl methyl sites for hydroxylation is 1. The average molecular weight is 472 g/mol. The van der Waals surface area contributed by atoms with E-state index < -0.39 is 0 Å². The highest BCUT2D eigenvalue weighted by atomic mass is 32.1. The summed E-state index contributed by atoms with van der Waals surface area (Å²) in [7, 11) is 2.09. The van der Waals surface area contributed by atoms with Gasteiger partial charge in [0, 0.05) is 18.5 Å². The Hall–Kier alpha value is -3.31. The molecule has 5 heteroatoms. The van der Waals surface area contributed by atoms with E-state index in [-0.39, 0.29) is 5.97 Å². The number of esters is 1. The van der Waals surface area contributed by atoms with Gasteiger partial charge in [0.15, 0.2) is 0 Å². The van der Waals surface area contributed by atoms with Crippen LogP contribution in [0.4, 0.5) is 0 Å². The number of allylic oxidation sites excluding steroid dienone is 2. The molecule has 5 rings (SSSR count). The van der Waals surface area contributed by atoms with Crippen LogP contribution in [0.2, 0.25) is 0 Å². The highest BCUT2D eigenvalue weighted by Crippen LogP contribution is 2.45. The normalized spacial score (nSPS) is 15.5. The number of aromatic nitrogens is 1. The van der Waals surface area contributed by atoms with Crippen molar-refractivity contribution in [3.05, 3.63) is 88.8 Å². The zero-order chi connectivity index (χ0) is 23.5. The molecule has 2 heterocycles. The SMILES string of the molecule is CCOC(=O)c1cc2c(s1)c(C1C=CCCC1)c(-c1ccc(OCc3ccccc3)cc1)n2C. The zero-order valence-electron chi connectivity index (χ0n) is 19.6. The number of ether oxygens (including phenoxy) is 2. The second-order valence-corrected chi connectivity index (χ2v) is 9.68. The molecule has 1 atom stereocenters. The molecule has 4 aromatic rings. The standard InChI is InChI=1S/C29H29NO3S/c1-3-32-29(31)25-18-24-28(34-25)26(21-12-8-5-9-13-21)27(30(24)2)22-14-16-23(17-15-22)33-19-20-10-6-4-7-11-20/h4,6-8,10-12,14-18,21H,3,5,9,13,19H2,1-2H3. The van der Waals surface area contributed by atoms with Crippen molar-refractivity contribution in [2.24, 2.45) is 7.05 Å². The number of thiophene rings is 1. The van der Waals surface area contributed by atoms with Crippen LogP contribution in [0.3, 0.4) is 0 Å². The first-order chi connectivity index (χ1) is 16.7. The minimum absolute atomic E-state index is 0.240. The Kier molecular flexibility index (Phi) is 6.54. The predicted molar refractivity (Wildman–Crippen MR) is 139 cm³/mol. The minimum atomic E-state index is -0.240. The van der Waals surface area contributed by atoms with E-state index >= 15 is 0 Å². The lowest BCUT2D eigenvalue weighted by molar-refractivity contribution is 0.0532.